The average Bonchev–Trinajstić information content (AvgIpc) is 2.47. The summed E-state index contributed by atoms with van der Waals surface area (Å²) in [6.45, 7) is 2.51. The highest BCUT2D eigenvalue weighted by Gasteiger charge is 2.15. The number of hydrogen-bond donors (Lipinski definition) is 0. The van der Waals surface area contributed by atoms with Crippen molar-refractivity contribution < 1.29 is 14.3 Å². The fourth-order valence-corrected chi connectivity index (χ4v) is 2.98. The number of rotatable bonds is 5. The maximum absolute atomic E-state index is 12.6. The standard InChI is InChI=1S/C16H14Br2O3/c1-3-21-11-5-6-12(13(17)9-11)16(19)10-4-7-15(20-2)14(18)8-10/h4-9H,3H2,1-2H3. The molecule has 2 aromatic carbocycles. The molecule has 0 fully saturated rings. The SMILES string of the molecule is CCOc1ccc(C(=O)c2ccc(OC)c(Br)c2)c(Br)c1. The van der Waals surface area contributed by atoms with Crippen molar-refractivity contribution >= 4 is 37.6 Å². The summed E-state index contributed by atoms with van der Waals surface area (Å²) in [6.07, 6.45) is 0. The zero-order valence-corrected chi connectivity index (χ0v) is 14.8. The predicted octanol–water partition coefficient (Wildman–Crippen LogP) is 4.85. The van der Waals surface area contributed by atoms with Crippen LogP contribution in [0, 0.1) is 0 Å². The van der Waals surface area contributed by atoms with E-state index in [4.69, 9.17) is 9.47 Å². The summed E-state index contributed by atoms with van der Waals surface area (Å²) in [7, 11) is 1.59. The molecule has 0 radical (unpaired) electrons. The summed E-state index contributed by atoms with van der Waals surface area (Å²) in [5, 5.41) is 0. The molecule has 0 aliphatic heterocycles. The highest BCUT2D eigenvalue weighted by Crippen LogP contribution is 2.29. The lowest BCUT2D eigenvalue weighted by Gasteiger charge is -2.09. The monoisotopic (exact) mass is 412 g/mol. The van der Waals surface area contributed by atoms with Gasteiger partial charge in [0.15, 0.2) is 5.78 Å². The van der Waals surface area contributed by atoms with Crippen molar-refractivity contribution in [3.05, 3.63) is 56.5 Å². The molecular weight excluding hydrogens is 400 g/mol. The van der Waals surface area contributed by atoms with Crippen LogP contribution in [-0.4, -0.2) is 19.5 Å². The molecule has 0 saturated heterocycles. The topological polar surface area (TPSA) is 35.5 Å². The van der Waals surface area contributed by atoms with Gasteiger partial charge >= 0.3 is 0 Å². The van der Waals surface area contributed by atoms with E-state index in [0.29, 0.717) is 28.0 Å². The Morgan fingerprint density at radius 3 is 2.43 bits per heavy atom. The number of carbonyl (C=O) groups excluding carboxylic acids is 1. The summed E-state index contributed by atoms with van der Waals surface area (Å²) in [5.74, 6) is 1.36. The summed E-state index contributed by atoms with van der Waals surface area (Å²) in [4.78, 5) is 12.6. The Hall–Kier alpha value is -1.33. The lowest BCUT2D eigenvalue weighted by molar-refractivity contribution is 0.103. The number of carbonyl (C=O) groups is 1. The molecule has 0 bridgehead atoms. The minimum absolute atomic E-state index is 0.0618. The lowest BCUT2D eigenvalue weighted by Crippen LogP contribution is -2.03. The highest BCUT2D eigenvalue weighted by molar-refractivity contribution is 9.10. The van der Waals surface area contributed by atoms with Crippen molar-refractivity contribution in [2.24, 2.45) is 0 Å². The van der Waals surface area contributed by atoms with Crippen molar-refractivity contribution in [3.63, 3.8) is 0 Å². The highest BCUT2D eigenvalue weighted by atomic mass is 79.9. The third-order valence-corrected chi connectivity index (χ3v) is 4.19. The molecule has 0 N–H and O–H groups in total. The predicted molar refractivity (Wildman–Crippen MR) is 89.4 cm³/mol. The Morgan fingerprint density at radius 1 is 1.10 bits per heavy atom. The van der Waals surface area contributed by atoms with Gasteiger partial charge in [-0.05, 0) is 75.2 Å². The Labute approximate surface area is 140 Å². The van der Waals surface area contributed by atoms with E-state index in [-0.39, 0.29) is 5.78 Å². The van der Waals surface area contributed by atoms with Crippen LogP contribution in [0.1, 0.15) is 22.8 Å². The third kappa shape index (κ3) is 3.66. The quantitative estimate of drug-likeness (QED) is 0.657. The number of benzene rings is 2. The number of halogens is 2. The zero-order valence-electron chi connectivity index (χ0n) is 11.7. The molecule has 5 heteroatoms. The van der Waals surface area contributed by atoms with Crippen molar-refractivity contribution in [3.8, 4) is 11.5 Å². The first-order chi connectivity index (χ1) is 10.1. The number of ketones is 1. The van der Waals surface area contributed by atoms with Crippen LogP contribution >= 0.6 is 31.9 Å². The molecule has 0 unspecified atom stereocenters. The Balaban J connectivity index is 2.33. The lowest BCUT2D eigenvalue weighted by atomic mass is 10.0. The second-order valence-electron chi connectivity index (χ2n) is 4.25. The van der Waals surface area contributed by atoms with E-state index in [9.17, 15) is 4.79 Å². The van der Waals surface area contributed by atoms with Crippen molar-refractivity contribution in [2.45, 2.75) is 6.92 Å². The largest absolute Gasteiger partial charge is 0.496 e. The summed E-state index contributed by atoms with van der Waals surface area (Å²) in [6, 6.07) is 10.6. The molecular formula is C16H14Br2O3. The van der Waals surface area contributed by atoms with Gasteiger partial charge in [-0.15, -0.1) is 0 Å². The van der Waals surface area contributed by atoms with E-state index in [1.165, 1.54) is 0 Å². The molecule has 3 nitrogen and oxygen atoms in total. The van der Waals surface area contributed by atoms with Crippen LogP contribution in [0.2, 0.25) is 0 Å². The molecule has 0 heterocycles. The van der Waals surface area contributed by atoms with Crippen LogP contribution < -0.4 is 9.47 Å². The van der Waals surface area contributed by atoms with Gasteiger partial charge in [0.2, 0.25) is 0 Å². The van der Waals surface area contributed by atoms with Gasteiger partial charge in [-0.1, -0.05) is 0 Å². The van der Waals surface area contributed by atoms with Gasteiger partial charge in [-0.3, -0.25) is 4.79 Å². The van der Waals surface area contributed by atoms with Crippen LogP contribution in [0.15, 0.2) is 45.3 Å². The molecule has 21 heavy (non-hydrogen) atoms. The average molecular weight is 414 g/mol. The van der Waals surface area contributed by atoms with Gasteiger partial charge in [-0.25, -0.2) is 0 Å². The number of hydrogen-bond acceptors (Lipinski definition) is 3. The van der Waals surface area contributed by atoms with E-state index in [0.717, 1.165) is 10.2 Å². The van der Waals surface area contributed by atoms with Gasteiger partial charge in [-0.2, -0.15) is 0 Å². The molecule has 0 spiro atoms. The van der Waals surface area contributed by atoms with Crippen LogP contribution in [0.5, 0.6) is 11.5 Å². The smallest absolute Gasteiger partial charge is 0.194 e. The molecule has 0 saturated carbocycles. The van der Waals surface area contributed by atoms with Gasteiger partial charge in [0, 0.05) is 15.6 Å². The Morgan fingerprint density at radius 2 is 1.86 bits per heavy atom. The van der Waals surface area contributed by atoms with E-state index in [1.807, 2.05) is 6.92 Å². The molecule has 110 valence electrons. The Bertz CT molecular complexity index is 669. The Kier molecular flexibility index (Phi) is 5.42. The van der Waals surface area contributed by atoms with Crippen LogP contribution in [0.3, 0.4) is 0 Å². The van der Waals surface area contributed by atoms with Gasteiger partial charge in [0.1, 0.15) is 11.5 Å². The molecule has 0 aliphatic rings. The third-order valence-electron chi connectivity index (χ3n) is 2.91. The van der Waals surface area contributed by atoms with Crippen LogP contribution in [0.4, 0.5) is 0 Å². The molecule has 2 aromatic rings. The molecule has 2 rings (SSSR count). The fourth-order valence-electron chi connectivity index (χ4n) is 1.90. The molecule has 0 aliphatic carbocycles. The van der Waals surface area contributed by atoms with Crippen molar-refractivity contribution in [2.75, 3.05) is 13.7 Å². The summed E-state index contributed by atoms with van der Waals surface area (Å²) >= 11 is 6.81. The van der Waals surface area contributed by atoms with E-state index in [1.54, 1.807) is 43.5 Å². The fraction of sp³-hybridized carbons (Fsp3) is 0.188. The van der Waals surface area contributed by atoms with Crippen LogP contribution in [-0.2, 0) is 0 Å². The number of ether oxygens (including phenoxy) is 2. The second-order valence-corrected chi connectivity index (χ2v) is 5.96. The van der Waals surface area contributed by atoms with Crippen molar-refractivity contribution in [1.82, 2.24) is 0 Å². The van der Waals surface area contributed by atoms with Gasteiger partial charge < -0.3 is 9.47 Å². The minimum atomic E-state index is -0.0618. The summed E-state index contributed by atoms with van der Waals surface area (Å²) < 4.78 is 12.0. The maximum atomic E-state index is 12.6. The van der Waals surface area contributed by atoms with Crippen molar-refractivity contribution in [1.29, 1.82) is 0 Å². The molecule has 0 aromatic heterocycles. The maximum Gasteiger partial charge on any atom is 0.194 e. The van der Waals surface area contributed by atoms with E-state index < -0.39 is 0 Å². The molecule has 0 amide bonds. The second kappa shape index (κ2) is 7.09. The first kappa shape index (κ1) is 16.0. The van der Waals surface area contributed by atoms with E-state index in [2.05, 4.69) is 31.9 Å². The normalized spacial score (nSPS) is 10.3. The van der Waals surface area contributed by atoms with Gasteiger partial charge in [0.25, 0.3) is 0 Å². The first-order valence-corrected chi connectivity index (χ1v) is 7.96. The molecule has 0 atom stereocenters. The first-order valence-electron chi connectivity index (χ1n) is 6.37. The number of methoxy groups -OCH3 is 1. The summed E-state index contributed by atoms with van der Waals surface area (Å²) in [5.41, 5.74) is 1.18. The van der Waals surface area contributed by atoms with E-state index >= 15 is 0 Å². The van der Waals surface area contributed by atoms with Gasteiger partial charge in [0.05, 0.1) is 18.2 Å². The minimum Gasteiger partial charge on any atom is -0.496 e. The van der Waals surface area contributed by atoms with Crippen LogP contribution in [0.25, 0.3) is 0 Å². The zero-order chi connectivity index (χ0) is 15.4.